The van der Waals surface area contributed by atoms with Crippen molar-refractivity contribution in [2.75, 3.05) is 6.54 Å². The zero-order valence-electron chi connectivity index (χ0n) is 8.73. The first-order valence-electron chi connectivity index (χ1n) is 5.46. The molecule has 2 rings (SSSR count). The molecule has 82 valence electrons. The van der Waals surface area contributed by atoms with E-state index >= 15 is 0 Å². The molecule has 0 amide bonds. The standard InChI is InChI=1S/C12H17NOS/c14-11(12-7-4-8-15-12)9-13-10-5-2-1-3-6-10/h1-2,4,7-8,10-11,13-14H,3,5-6,9H2. The SMILES string of the molecule is OC(CNC1CC=CCC1)c1cccs1. The molecule has 2 nitrogen and oxygen atoms in total. The van der Waals surface area contributed by atoms with Crippen molar-refractivity contribution in [2.45, 2.75) is 31.4 Å². The molecule has 0 aliphatic heterocycles. The largest absolute Gasteiger partial charge is 0.386 e. The van der Waals surface area contributed by atoms with Gasteiger partial charge in [0.25, 0.3) is 0 Å². The molecule has 0 aromatic carbocycles. The van der Waals surface area contributed by atoms with Crippen LogP contribution < -0.4 is 5.32 Å². The Hall–Kier alpha value is -0.640. The summed E-state index contributed by atoms with van der Waals surface area (Å²) in [6.45, 7) is 0.666. The maximum Gasteiger partial charge on any atom is 0.101 e. The lowest BCUT2D eigenvalue weighted by Crippen LogP contribution is -2.33. The van der Waals surface area contributed by atoms with Crippen LogP contribution >= 0.6 is 11.3 Å². The zero-order valence-corrected chi connectivity index (χ0v) is 9.54. The number of hydrogen-bond donors (Lipinski definition) is 2. The fourth-order valence-corrected chi connectivity index (χ4v) is 2.55. The van der Waals surface area contributed by atoms with E-state index in [-0.39, 0.29) is 6.10 Å². The van der Waals surface area contributed by atoms with E-state index in [1.807, 2.05) is 17.5 Å². The molecule has 1 aromatic heterocycles. The molecule has 2 atom stereocenters. The van der Waals surface area contributed by atoms with Crippen molar-refractivity contribution < 1.29 is 5.11 Å². The summed E-state index contributed by atoms with van der Waals surface area (Å²) in [6.07, 6.45) is 7.54. The molecule has 15 heavy (non-hydrogen) atoms. The van der Waals surface area contributed by atoms with Crippen molar-refractivity contribution in [3.8, 4) is 0 Å². The van der Waals surface area contributed by atoms with E-state index in [4.69, 9.17) is 0 Å². The molecule has 1 heterocycles. The van der Waals surface area contributed by atoms with Crippen molar-refractivity contribution >= 4 is 11.3 Å². The molecule has 2 N–H and O–H groups in total. The molecular weight excluding hydrogens is 206 g/mol. The van der Waals surface area contributed by atoms with Crippen LogP contribution in [0, 0.1) is 0 Å². The van der Waals surface area contributed by atoms with Crippen LogP contribution in [0.2, 0.25) is 0 Å². The summed E-state index contributed by atoms with van der Waals surface area (Å²) in [5, 5.41) is 15.3. The lowest BCUT2D eigenvalue weighted by atomic mass is 10.0. The Balaban J connectivity index is 1.75. The van der Waals surface area contributed by atoms with Gasteiger partial charge < -0.3 is 10.4 Å². The van der Waals surface area contributed by atoms with Crippen molar-refractivity contribution in [3.63, 3.8) is 0 Å². The second-order valence-corrected chi connectivity index (χ2v) is 4.90. The zero-order chi connectivity index (χ0) is 10.5. The number of rotatable bonds is 4. The topological polar surface area (TPSA) is 32.3 Å². The van der Waals surface area contributed by atoms with Crippen molar-refractivity contribution in [1.82, 2.24) is 5.32 Å². The molecule has 1 aliphatic carbocycles. The van der Waals surface area contributed by atoms with Crippen LogP contribution in [-0.4, -0.2) is 17.7 Å². The quantitative estimate of drug-likeness (QED) is 0.769. The van der Waals surface area contributed by atoms with Gasteiger partial charge in [0.2, 0.25) is 0 Å². The van der Waals surface area contributed by atoms with E-state index in [0.717, 1.165) is 17.7 Å². The Labute approximate surface area is 94.6 Å². The number of aliphatic hydroxyl groups is 1. The van der Waals surface area contributed by atoms with Gasteiger partial charge in [0, 0.05) is 17.5 Å². The van der Waals surface area contributed by atoms with Gasteiger partial charge in [-0.1, -0.05) is 18.2 Å². The van der Waals surface area contributed by atoms with Crippen LogP contribution in [0.3, 0.4) is 0 Å². The molecule has 2 unspecified atom stereocenters. The van der Waals surface area contributed by atoms with Crippen LogP contribution in [0.15, 0.2) is 29.7 Å². The van der Waals surface area contributed by atoms with Crippen LogP contribution in [0.25, 0.3) is 0 Å². The summed E-state index contributed by atoms with van der Waals surface area (Å²) >= 11 is 1.61. The second-order valence-electron chi connectivity index (χ2n) is 3.92. The lowest BCUT2D eigenvalue weighted by molar-refractivity contribution is 0.172. The van der Waals surface area contributed by atoms with E-state index in [9.17, 15) is 5.11 Å². The normalized spacial score (nSPS) is 22.9. The van der Waals surface area contributed by atoms with Gasteiger partial charge in [-0.05, 0) is 30.7 Å². The number of aliphatic hydroxyl groups excluding tert-OH is 1. The van der Waals surface area contributed by atoms with Gasteiger partial charge >= 0.3 is 0 Å². The molecule has 1 aromatic rings. The van der Waals surface area contributed by atoms with E-state index < -0.39 is 0 Å². The van der Waals surface area contributed by atoms with E-state index in [1.54, 1.807) is 11.3 Å². The predicted molar refractivity (Wildman–Crippen MR) is 64.1 cm³/mol. The Morgan fingerprint density at radius 2 is 2.47 bits per heavy atom. The van der Waals surface area contributed by atoms with Crippen molar-refractivity contribution in [2.24, 2.45) is 0 Å². The molecule has 0 bridgehead atoms. The first-order valence-corrected chi connectivity index (χ1v) is 6.34. The Kier molecular flexibility index (Phi) is 3.94. The van der Waals surface area contributed by atoms with Crippen molar-refractivity contribution in [1.29, 1.82) is 0 Å². The molecule has 0 saturated carbocycles. The minimum absolute atomic E-state index is 0.351. The van der Waals surface area contributed by atoms with Crippen LogP contribution in [0.4, 0.5) is 0 Å². The molecule has 0 fully saturated rings. The molecule has 0 spiro atoms. The highest BCUT2D eigenvalue weighted by Crippen LogP contribution is 2.18. The summed E-state index contributed by atoms with van der Waals surface area (Å²) in [5.41, 5.74) is 0. The summed E-state index contributed by atoms with van der Waals surface area (Å²) in [7, 11) is 0. The van der Waals surface area contributed by atoms with E-state index in [1.165, 1.54) is 6.42 Å². The summed E-state index contributed by atoms with van der Waals surface area (Å²) < 4.78 is 0. The highest BCUT2D eigenvalue weighted by Gasteiger charge is 2.13. The molecular formula is C12H17NOS. The van der Waals surface area contributed by atoms with Crippen LogP contribution in [-0.2, 0) is 0 Å². The third kappa shape index (κ3) is 3.16. The van der Waals surface area contributed by atoms with E-state index in [0.29, 0.717) is 12.6 Å². The Morgan fingerprint density at radius 3 is 3.13 bits per heavy atom. The third-order valence-corrected chi connectivity index (χ3v) is 3.71. The first kappa shape index (κ1) is 10.9. The minimum atomic E-state index is -0.351. The van der Waals surface area contributed by atoms with Crippen molar-refractivity contribution in [3.05, 3.63) is 34.5 Å². The maximum atomic E-state index is 9.87. The lowest BCUT2D eigenvalue weighted by Gasteiger charge is -2.21. The summed E-state index contributed by atoms with van der Waals surface area (Å²) in [5.74, 6) is 0. The van der Waals surface area contributed by atoms with Gasteiger partial charge in [-0.25, -0.2) is 0 Å². The smallest absolute Gasteiger partial charge is 0.101 e. The maximum absolute atomic E-state index is 9.87. The van der Waals surface area contributed by atoms with E-state index in [2.05, 4.69) is 17.5 Å². The molecule has 0 radical (unpaired) electrons. The van der Waals surface area contributed by atoms with Crippen LogP contribution in [0.1, 0.15) is 30.2 Å². The van der Waals surface area contributed by atoms with Crippen LogP contribution in [0.5, 0.6) is 0 Å². The molecule has 3 heteroatoms. The minimum Gasteiger partial charge on any atom is -0.386 e. The molecule has 0 saturated heterocycles. The third-order valence-electron chi connectivity index (χ3n) is 2.74. The highest BCUT2D eigenvalue weighted by molar-refractivity contribution is 7.10. The van der Waals surface area contributed by atoms with Gasteiger partial charge in [-0.15, -0.1) is 11.3 Å². The average Bonchev–Trinajstić information content (AvgIpc) is 2.81. The molecule has 1 aliphatic rings. The van der Waals surface area contributed by atoms with Gasteiger partial charge in [0.1, 0.15) is 6.10 Å². The average molecular weight is 223 g/mol. The summed E-state index contributed by atoms with van der Waals surface area (Å²) in [6, 6.07) is 4.51. The first-order chi connectivity index (χ1) is 7.36. The fraction of sp³-hybridized carbons (Fsp3) is 0.500. The number of allylic oxidation sites excluding steroid dienone is 1. The Bertz CT molecular complexity index is 307. The number of nitrogens with one attached hydrogen (secondary N) is 1. The predicted octanol–water partition coefficient (Wildman–Crippen LogP) is 2.48. The highest BCUT2D eigenvalue weighted by atomic mass is 32.1. The van der Waals surface area contributed by atoms with Gasteiger partial charge in [-0.3, -0.25) is 0 Å². The fourth-order valence-electron chi connectivity index (χ4n) is 1.84. The second kappa shape index (κ2) is 5.45. The number of thiophene rings is 1. The summed E-state index contributed by atoms with van der Waals surface area (Å²) in [4.78, 5) is 1.05. The van der Waals surface area contributed by atoms with Gasteiger partial charge in [-0.2, -0.15) is 0 Å². The number of hydrogen-bond acceptors (Lipinski definition) is 3. The van der Waals surface area contributed by atoms with Gasteiger partial charge in [0.05, 0.1) is 0 Å². The Morgan fingerprint density at radius 1 is 1.53 bits per heavy atom. The van der Waals surface area contributed by atoms with Gasteiger partial charge in [0.15, 0.2) is 0 Å². The monoisotopic (exact) mass is 223 g/mol.